The Morgan fingerprint density at radius 2 is 1.97 bits per heavy atom. The van der Waals surface area contributed by atoms with Gasteiger partial charge in [-0.1, -0.05) is 26.5 Å². The first-order valence-corrected chi connectivity index (χ1v) is 12.2. The van der Waals surface area contributed by atoms with Gasteiger partial charge in [-0.3, -0.25) is 9.36 Å². The molecule has 0 spiro atoms. The van der Waals surface area contributed by atoms with Gasteiger partial charge in [-0.15, -0.1) is 0 Å². The lowest BCUT2D eigenvalue weighted by Gasteiger charge is -2.21. The summed E-state index contributed by atoms with van der Waals surface area (Å²) in [5.74, 6) is 1.12. The van der Waals surface area contributed by atoms with Crippen LogP contribution in [0.15, 0.2) is 71.2 Å². The molecule has 3 heterocycles. The van der Waals surface area contributed by atoms with Gasteiger partial charge in [-0.05, 0) is 80.3 Å². The van der Waals surface area contributed by atoms with Crippen molar-refractivity contribution in [2.45, 2.75) is 33.6 Å². The van der Waals surface area contributed by atoms with Gasteiger partial charge < -0.3 is 21.2 Å². The van der Waals surface area contributed by atoms with E-state index in [1.807, 2.05) is 45.0 Å². The van der Waals surface area contributed by atoms with Crippen molar-refractivity contribution in [3.63, 3.8) is 0 Å². The molecule has 0 unspecified atom stereocenters. The number of nitrogens with two attached hydrogens (primary N) is 1. The highest BCUT2D eigenvalue weighted by Crippen LogP contribution is 2.36. The molecule has 0 saturated heterocycles. The molecule has 7 nitrogen and oxygen atoms in total. The Morgan fingerprint density at radius 3 is 2.57 bits per heavy atom. The van der Waals surface area contributed by atoms with E-state index in [4.69, 9.17) is 10.1 Å². The van der Waals surface area contributed by atoms with Crippen LogP contribution in [0.3, 0.4) is 0 Å². The second kappa shape index (κ2) is 11.6. The zero-order chi connectivity index (χ0) is 25.5. The van der Waals surface area contributed by atoms with Crippen molar-refractivity contribution in [2.24, 2.45) is 11.7 Å². The van der Waals surface area contributed by atoms with Crippen LogP contribution in [0.5, 0.6) is 5.88 Å². The molecule has 0 aromatic carbocycles. The summed E-state index contributed by atoms with van der Waals surface area (Å²) in [5, 5.41) is 12.2. The standard InChI is InChI=1S/C25H24N4O2.C2H6.CH5N/c1-3-31-23-11-7-18-13-20(17-6-9-21(26)15(2)12-17)25(30)29(24(18)28-23)19-8-10-22(27-14-19)16-4-5-16;2*1-2/h6-13,16,26-27H,2-5,14H2,1H3;1-2H3;2H2,1H3. The fourth-order valence-corrected chi connectivity index (χ4v) is 3.96. The molecule has 0 bridgehead atoms. The van der Waals surface area contributed by atoms with Gasteiger partial charge in [0.05, 0.1) is 18.9 Å². The Labute approximate surface area is 206 Å². The van der Waals surface area contributed by atoms with Crippen LogP contribution in [0, 0.1) is 11.3 Å². The van der Waals surface area contributed by atoms with Crippen LogP contribution >= 0.6 is 0 Å². The van der Waals surface area contributed by atoms with Gasteiger partial charge in [0.1, 0.15) is 0 Å². The van der Waals surface area contributed by atoms with Crippen molar-refractivity contribution in [1.29, 1.82) is 5.41 Å². The lowest BCUT2D eigenvalue weighted by Crippen LogP contribution is -2.30. The average Bonchev–Trinajstić information content (AvgIpc) is 3.74. The first kappa shape index (κ1) is 25.9. The second-order valence-electron chi connectivity index (χ2n) is 7.97. The molecule has 0 amide bonds. The molecule has 7 heteroatoms. The Bertz CT molecular complexity index is 1310. The number of allylic oxidation sites excluding steroid dienone is 8. The Hall–Kier alpha value is -3.71. The van der Waals surface area contributed by atoms with Crippen LogP contribution in [0.2, 0.25) is 0 Å². The van der Waals surface area contributed by atoms with Gasteiger partial charge in [-0.2, -0.15) is 4.98 Å². The first-order valence-electron chi connectivity index (χ1n) is 12.2. The second-order valence-corrected chi connectivity index (χ2v) is 7.97. The quantitative estimate of drug-likeness (QED) is 0.585. The largest absolute Gasteiger partial charge is 0.478 e. The molecular weight excluding hydrogens is 438 g/mol. The van der Waals surface area contributed by atoms with Crippen molar-refractivity contribution in [1.82, 2.24) is 14.9 Å². The Morgan fingerprint density at radius 1 is 1.23 bits per heavy atom. The third kappa shape index (κ3) is 5.52. The van der Waals surface area contributed by atoms with E-state index in [-0.39, 0.29) is 5.56 Å². The highest BCUT2D eigenvalue weighted by molar-refractivity contribution is 6.12. The molecule has 1 saturated carbocycles. The van der Waals surface area contributed by atoms with Crippen molar-refractivity contribution < 1.29 is 4.74 Å². The molecule has 0 atom stereocenters. The third-order valence-electron chi connectivity index (χ3n) is 5.77. The van der Waals surface area contributed by atoms with E-state index in [2.05, 4.69) is 28.7 Å². The number of hydrogen-bond acceptors (Lipinski definition) is 6. The van der Waals surface area contributed by atoms with E-state index in [0.717, 1.165) is 16.7 Å². The van der Waals surface area contributed by atoms with Gasteiger partial charge in [0.15, 0.2) is 5.65 Å². The molecular formula is C28H35N5O2. The fourth-order valence-electron chi connectivity index (χ4n) is 3.96. The van der Waals surface area contributed by atoms with Crippen molar-refractivity contribution >= 4 is 28.0 Å². The van der Waals surface area contributed by atoms with Crippen molar-refractivity contribution in [3.05, 3.63) is 82.3 Å². The number of pyridine rings is 2. The van der Waals surface area contributed by atoms with Crippen LogP contribution < -0.4 is 21.3 Å². The van der Waals surface area contributed by atoms with Crippen LogP contribution in [0.4, 0.5) is 0 Å². The Balaban J connectivity index is 0.000000815. The number of nitrogens with one attached hydrogen (secondary N) is 2. The number of hydrogen-bond donors (Lipinski definition) is 3. The summed E-state index contributed by atoms with van der Waals surface area (Å²) in [7, 11) is 1.50. The molecule has 1 fully saturated rings. The fraction of sp³-hybridized carbons (Fsp3) is 0.321. The zero-order valence-corrected chi connectivity index (χ0v) is 21.0. The highest BCUT2D eigenvalue weighted by atomic mass is 16.5. The molecule has 1 aliphatic heterocycles. The van der Waals surface area contributed by atoms with E-state index >= 15 is 0 Å². The summed E-state index contributed by atoms with van der Waals surface area (Å²) in [6.07, 6.45) is 11.8. The summed E-state index contributed by atoms with van der Waals surface area (Å²) >= 11 is 0. The number of nitrogens with zero attached hydrogens (tertiary/aromatic N) is 2. The van der Waals surface area contributed by atoms with E-state index in [1.54, 1.807) is 22.8 Å². The average molecular weight is 474 g/mol. The number of aromatic nitrogens is 2. The zero-order valence-electron chi connectivity index (χ0n) is 21.0. The summed E-state index contributed by atoms with van der Waals surface area (Å²) in [5.41, 5.74) is 9.25. The maximum Gasteiger partial charge on any atom is 0.264 e. The Kier molecular flexibility index (Phi) is 8.60. The number of dihydropyridines is 1. The molecule has 4 N–H and O–H groups in total. The minimum atomic E-state index is -0.151. The lowest BCUT2D eigenvalue weighted by molar-refractivity contribution is 0.328. The predicted octanol–water partition coefficient (Wildman–Crippen LogP) is 4.66. The van der Waals surface area contributed by atoms with Gasteiger partial charge in [0, 0.05) is 28.4 Å². The van der Waals surface area contributed by atoms with Crippen molar-refractivity contribution in [2.75, 3.05) is 20.2 Å². The van der Waals surface area contributed by atoms with Gasteiger partial charge >= 0.3 is 0 Å². The maximum absolute atomic E-state index is 13.7. The molecule has 5 rings (SSSR count). The monoisotopic (exact) mass is 473 g/mol. The molecule has 0 radical (unpaired) electrons. The highest BCUT2D eigenvalue weighted by Gasteiger charge is 2.27. The molecule has 2 aliphatic carbocycles. The van der Waals surface area contributed by atoms with Gasteiger partial charge in [0.25, 0.3) is 5.56 Å². The van der Waals surface area contributed by atoms with E-state index in [0.29, 0.717) is 47.4 Å². The SMILES string of the molecule is C=C1C=C(c2cc3ccc(OCC)nc3n(C3=CC=C(C4CC4)NC3)c2=O)C=CC1=N.CC.CN. The van der Waals surface area contributed by atoms with Gasteiger partial charge in [-0.25, -0.2) is 0 Å². The van der Waals surface area contributed by atoms with Crippen LogP contribution in [0.25, 0.3) is 22.3 Å². The van der Waals surface area contributed by atoms with Crippen LogP contribution in [0.1, 0.15) is 39.2 Å². The molecule has 3 aliphatic rings. The smallest absolute Gasteiger partial charge is 0.264 e. The predicted molar refractivity (Wildman–Crippen MR) is 146 cm³/mol. The summed E-state index contributed by atoms with van der Waals surface area (Å²) in [4.78, 5) is 18.3. The molecule has 2 aromatic heterocycles. The van der Waals surface area contributed by atoms with Crippen LogP contribution in [-0.4, -0.2) is 35.5 Å². The summed E-state index contributed by atoms with van der Waals surface area (Å²) in [6.45, 7) is 10.9. The maximum atomic E-state index is 13.7. The normalized spacial score (nSPS) is 16.7. The van der Waals surface area contributed by atoms with Gasteiger partial charge in [0.2, 0.25) is 5.88 Å². The van der Waals surface area contributed by atoms with E-state index in [9.17, 15) is 4.79 Å². The van der Waals surface area contributed by atoms with E-state index in [1.165, 1.54) is 25.6 Å². The lowest BCUT2D eigenvalue weighted by atomic mass is 9.96. The minimum absolute atomic E-state index is 0.151. The number of ether oxygens (including phenoxy) is 1. The topological polar surface area (TPSA) is 106 Å². The molecule has 35 heavy (non-hydrogen) atoms. The number of fused-ring (bicyclic) bond motifs is 1. The number of rotatable bonds is 5. The summed E-state index contributed by atoms with van der Waals surface area (Å²) < 4.78 is 7.27. The first-order chi connectivity index (χ1) is 17.0. The molecule has 184 valence electrons. The third-order valence-corrected chi connectivity index (χ3v) is 5.77. The van der Waals surface area contributed by atoms with Crippen LogP contribution in [-0.2, 0) is 0 Å². The van der Waals surface area contributed by atoms with Crippen molar-refractivity contribution in [3.8, 4) is 5.88 Å². The van der Waals surface area contributed by atoms with E-state index < -0.39 is 0 Å². The molecule has 2 aromatic rings. The summed E-state index contributed by atoms with van der Waals surface area (Å²) in [6, 6.07) is 5.61. The minimum Gasteiger partial charge on any atom is -0.478 e.